The molecule has 2 aliphatic rings. The van der Waals surface area contributed by atoms with Gasteiger partial charge in [0.1, 0.15) is 11.4 Å². The zero-order valence-electron chi connectivity index (χ0n) is 20.5. The van der Waals surface area contributed by atoms with E-state index in [1.54, 1.807) is 25.1 Å². The van der Waals surface area contributed by atoms with E-state index in [1.165, 1.54) is 16.8 Å². The molecule has 0 fully saturated rings. The van der Waals surface area contributed by atoms with E-state index in [-0.39, 0.29) is 23.0 Å². The summed E-state index contributed by atoms with van der Waals surface area (Å²) < 4.78 is 1.38. The smallest absolute Gasteiger partial charge is 0.335 e. The first kappa shape index (κ1) is 23.8. The van der Waals surface area contributed by atoms with Gasteiger partial charge in [-0.2, -0.15) is 5.10 Å². The van der Waals surface area contributed by atoms with Crippen LogP contribution in [0.2, 0.25) is 0 Å². The molecule has 4 aromatic rings. The zero-order chi connectivity index (χ0) is 26.6. The van der Waals surface area contributed by atoms with E-state index in [1.807, 2.05) is 24.3 Å². The van der Waals surface area contributed by atoms with Gasteiger partial charge in [-0.3, -0.25) is 9.59 Å². The molecule has 0 spiro atoms. The first-order valence-electron chi connectivity index (χ1n) is 12.4. The van der Waals surface area contributed by atoms with Crippen molar-refractivity contribution in [2.45, 2.75) is 44.4 Å². The highest BCUT2D eigenvalue weighted by Crippen LogP contribution is 2.35. The van der Waals surface area contributed by atoms with Gasteiger partial charge in [-0.05, 0) is 53.6 Å². The Labute approximate surface area is 217 Å². The molecule has 10 nitrogen and oxygen atoms in total. The fraction of sp³-hybridized carbons (Fsp3) is 0.250. The van der Waals surface area contributed by atoms with E-state index >= 15 is 0 Å². The lowest BCUT2D eigenvalue weighted by molar-refractivity contribution is 0.0695. The summed E-state index contributed by atoms with van der Waals surface area (Å²) in [4.78, 5) is 42.6. The van der Waals surface area contributed by atoms with Crippen LogP contribution >= 0.6 is 0 Å². The second-order valence-electron chi connectivity index (χ2n) is 9.73. The Morgan fingerprint density at radius 1 is 1.03 bits per heavy atom. The molecule has 3 atom stereocenters. The fourth-order valence-corrected chi connectivity index (χ4v) is 5.65. The number of fused-ring (bicyclic) bond motifs is 3. The largest absolute Gasteiger partial charge is 0.478 e. The molecule has 0 unspecified atom stereocenters. The van der Waals surface area contributed by atoms with Gasteiger partial charge in [0, 0.05) is 18.6 Å². The molecule has 2 heterocycles. The maximum Gasteiger partial charge on any atom is 0.335 e. The number of rotatable bonds is 5. The molecule has 2 amide bonds. The van der Waals surface area contributed by atoms with Gasteiger partial charge < -0.3 is 20.8 Å². The molecular formula is C28H25N5O5. The summed E-state index contributed by atoms with van der Waals surface area (Å²) in [5.74, 6) is -1.92. The van der Waals surface area contributed by atoms with Gasteiger partial charge in [-0.15, -0.1) is 0 Å². The summed E-state index contributed by atoms with van der Waals surface area (Å²) in [7, 11) is 0. The lowest BCUT2D eigenvalue weighted by atomic mass is 9.98. The van der Waals surface area contributed by atoms with Gasteiger partial charge in [-0.25, -0.2) is 14.3 Å². The van der Waals surface area contributed by atoms with Crippen molar-refractivity contribution < 1.29 is 24.6 Å². The van der Waals surface area contributed by atoms with Crippen molar-refractivity contribution in [3.05, 3.63) is 99.5 Å². The van der Waals surface area contributed by atoms with E-state index in [9.17, 15) is 24.6 Å². The minimum Gasteiger partial charge on any atom is -0.478 e. The molecule has 6 rings (SSSR count). The minimum absolute atomic E-state index is 0.0356. The monoisotopic (exact) mass is 511 g/mol. The normalized spacial score (nSPS) is 19.7. The second kappa shape index (κ2) is 9.07. The Morgan fingerprint density at radius 2 is 1.84 bits per heavy atom. The van der Waals surface area contributed by atoms with Crippen LogP contribution in [0.4, 0.5) is 0 Å². The summed E-state index contributed by atoms with van der Waals surface area (Å²) in [5, 5.41) is 30.1. The van der Waals surface area contributed by atoms with Crippen LogP contribution < -0.4 is 10.6 Å². The summed E-state index contributed by atoms with van der Waals surface area (Å²) in [6, 6.07) is 13.0. The molecule has 0 saturated carbocycles. The fourth-order valence-electron chi connectivity index (χ4n) is 5.65. The predicted molar refractivity (Wildman–Crippen MR) is 136 cm³/mol. The van der Waals surface area contributed by atoms with Crippen LogP contribution in [0.25, 0.3) is 5.65 Å². The van der Waals surface area contributed by atoms with Crippen molar-refractivity contribution in [2.24, 2.45) is 0 Å². The van der Waals surface area contributed by atoms with E-state index < -0.39 is 29.9 Å². The van der Waals surface area contributed by atoms with E-state index in [0.29, 0.717) is 30.5 Å². The van der Waals surface area contributed by atoms with Gasteiger partial charge in [-0.1, -0.05) is 30.3 Å². The molecule has 192 valence electrons. The Bertz CT molecular complexity index is 1630. The average Bonchev–Trinajstić information content (AvgIpc) is 3.61. The third kappa shape index (κ3) is 3.90. The van der Waals surface area contributed by atoms with E-state index in [0.717, 1.165) is 22.3 Å². The Hall–Kier alpha value is -4.57. The topological polar surface area (TPSA) is 146 Å². The number of carbonyl (C=O) groups excluding carboxylic acids is 2. The van der Waals surface area contributed by atoms with Gasteiger partial charge in [0.25, 0.3) is 11.8 Å². The number of aromatic carboxylic acids is 1. The maximum absolute atomic E-state index is 13.5. The number of nitrogens with one attached hydrogen (secondary N) is 2. The number of benzene rings is 2. The number of hydrogen-bond acceptors (Lipinski definition) is 6. The molecule has 0 radical (unpaired) electrons. The second-order valence-corrected chi connectivity index (χ2v) is 9.73. The number of aliphatic hydroxyl groups excluding tert-OH is 1. The van der Waals surface area contributed by atoms with Gasteiger partial charge in [0.15, 0.2) is 5.65 Å². The number of carbonyl (C=O) groups is 3. The van der Waals surface area contributed by atoms with E-state index in [4.69, 9.17) is 0 Å². The summed E-state index contributed by atoms with van der Waals surface area (Å²) in [6.07, 6.45) is 2.47. The number of aliphatic hydroxyl groups is 1. The van der Waals surface area contributed by atoms with Crippen LogP contribution in [-0.4, -0.2) is 48.7 Å². The Kier molecular flexibility index (Phi) is 5.68. The van der Waals surface area contributed by atoms with Crippen molar-refractivity contribution in [2.75, 3.05) is 0 Å². The third-order valence-electron chi connectivity index (χ3n) is 7.54. The quantitative estimate of drug-likeness (QED) is 0.322. The van der Waals surface area contributed by atoms with Crippen molar-refractivity contribution in [3.8, 4) is 0 Å². The maximum atomic E-state index is 13.5. The predicted octanol–water partition coefficient (Wildman–Crippen LogP) is 2.54. The summed E-state index contributed by atoms with van der Waals surface area (Å²) in [5.41, 5.74) is 5.14. The molecule has 0 aliphatic heterocycles. The zero-order valence-corrected chi connectivity index (χ0v) is 20.5. The molecule has 2 aromatic heterocycles. The average molecular weight is 512 g/mol. The Morgan fingerprint density at radius 3 is 2.66 bits per heavy atom. The van der Waals surface area contributed by atoms with Crippen molar-refractivity contribution in [3.63, 3.8) is 0 Å². The molecule has 0 saturated heterocycles. The van der Waals surface area contributed by atoms with Crippen LogP contribution in [0.5, 0.6) is 0 Å². The van der Waals surface area contributed by atoms with Crippen molar-refractivity contribution in [1.29, 1.82) is 0 Å². The van der Waals surface area contributed by atoms with Gasteiger partial charge in [0.2, 0.25) is 0 Å². The third-order valence-corrected chi connectivity index (χ3v) is 7.54. The Balaban J connectivity index is 1.27. The van der Waals surface area contributed by atoms with Gasteiger partial charge >= 0.3 is 5.97 Å². The number of hydrogen-bond donors (Lipinski definition) is 4. The lowest BCUT2D eigenvalue weighted by Crippen LogP contribution is -2.35. The van der Waals surface area contributed by atoms with Crippen LogP contribution in [0, 0.1) is 6.92 Å². The minimum atomic E-state index is -0.977. The number of carboxylic acid groups (broad SMARTS) is 1. The first-order chi connectivity index (χ1) is 18.3. The van der Waals surface area contributed by atoms with Crippen LogP contribution in [0.15, 0.2) is 54.7 Å². The number of amides is 2. The summed E-state index contributed by atoms with van der Waals surface area (Å²) >= 11 is 0. The van der Waals surface area contributed by atoms with Crippen molar-refractivity contribution in [1.82, 2.24) is 25.2 Å². The van der Waals surface area contributed by atoms with Crippen LogP contribution in [0.1, 0.15) is 77.7 Å². The highest BCUT2D eigenvalue weighted by molar-refractivity contribution is 5.98. The molecule has 2 aliphatic carbocycles. The number of nitrogens with zero attached hydrogens (tertiary/aromatic N) is 3. The molecular weight excluding hydrogens is 486 g/mol. The number of carboxylic acids is 1. The highest BCUT2D eigenvalue weighted by atomic mass is 16.4. The number of aromatic nitrogens is 3. The molecule has 38 heavy (non-hydrogen) atoms. The van der Waals surface area contributed by atoms with E-state index in [2.05, 4.69) is 20.7 Å². The first-order valence-corrected chi connectivity index (χ1v) is 12.4. The standard InChI is InChI=1S/C28H25N5O5/c1-14-16-8-9-20(19(16)7-6-17(14)28(37)38)31-27(36)22-13-21(30-24-10-11-29-33(22)24)26(35)32-25-18-5-3-2-4-15(18)12-23(25)34/h2-7,10-11,13,20,23,25,34H,8-9,12H2,1H3,(H,31,36)(H,32,35)(H,37,38)/t20-,23+,25-/m0/s1. The lowest BCUT2D eigenvalue weighted by Gasteiger charge is -2.18. The van der Waals surface area contributed by atoms with Crippen LogP contribution in [-0.2, 0) is 12.8 Å². The SMILES string of the molecule is Cc1c(C(=O)O)ccc2c1CC[C@@H]2NC(=O)c1cc(C(=O)N[C@H]2c3ccccc3C[C@H]2O)nc2ccnn12. The van der Waals surface area contributed by atoms with Crippen LogP contribution in [0.3, 0.4) is 0 Å². The molecule has 0 bridgehead atoms. The molecule has 4 N–H and O–H groups in total. The molecule has 10 heteroatoms. The molecule has 2 aromatic carbocycles. The summed E-state index contributed by atoms with van der Waals surface area (Å²) in [6.45, 7) is 1.78. The van der Waals surface area contributed by atoms with Crippen molar-refractivity contribution >= 4 is 23.4 Å². The van der Waals surface area contributed by atoms with Gasteiger partial charge in [0.05, 0.1) is 29.9 Å². The highest BCUT2D eigenvalue weighted by Gasteiger charge is 2.33.